The molecule has 31 heavy (non-hydrogen) atoms. The molecule has 1 heterocycles. The van der Waals surface area contributed by atoms with E-state index in [1.54, 1.807) is 35.2 Å². The normalized spacial score (nSPS) is 13.1. The number of fused-ring (bicyclic) bond motifs is 1. The number of nitrogens with one attached hydrogen (secondary N) is 1. The molecule has 158 valence electrons. The summed E-state index contributed by atoms with van der Waals surface area (Å²) in [5.41, 5.74) is 5.01. The van der Waals surface area contributed by atoms with E-state index in [9.17, 15) is 9.59 Å². The Balaban J connectivity index is 1.54. The van der Waals surface area contributed by atoms with Gasteiger partial charge in [-0.15, -0.1) is 0 Å². The van der Waals surface area contributed by atoms with E-state index in [1.807, 2.05) is 36.4 Å². The lowest BCUT2D eigenvalue weighted by Gasteiger charge is -2.30. The molecule has 0 spiro atoms. The summed E-state index contributed by atoms with van der Waals surface area (Å²) in [5.74, 6) is 0.215. The highest BCUT2D eigenvalue weighted by molar-refractivity contribution is 6.31. The molecule has 2 amide bonds. The summed E-state index contributed by atoms with van der Waals surface area (Å²) in [6.45, 7) is 4.92. The Hall–Kier alpha value is -3.11. The van der Waals surface area contributed by atoms with Gasteiger partial charge in [0, 0.05) is 34.1 Å². The SMILES string of the molecule is CC(C)c1ccc(NC(=O)c2ccc3c(c2)CCCN3C(=O)c2cccc(Cl)c2)cc1. The molecule has 0 aliphatic carbocycles. The summed E-state index contributed by atoms with van der Waals surface area (Å²) >= 11 is 6.06. The van der Waals surface area contributed by atoms with E-state index in [4.69, 9.17) is 11.6 Å². The number of carbonyl (C=O) groups is 2. The summed E-state index contributed by atoms with van der Waals surface area (Å²) in [6.07, 6.45) is 1.68. The minimum atomic E-state index is -0.154. The number of nitrogens with zero attached hydrogens (tertiary/aromatic N) is 1. The lowest BCUT2D eigenvalue weighted by Crippen LogP contribution is -2.35. The molecule has 0 saturated carbocycles. The van der Waals surface area contributed by atoms with Crippen LogP contribution in [0, 0.1) is 0 Å². The molecular formula is C26H25ClN2O2. The van der Waals surface area contributed by atoms with Crippen molar-refractivity contribution >= 4 is 34.8 Å². The molecular weight excluding hydrogens is 408 g/mol. The first-order chi connectivity index (χ1) is 14.9. The van der Waals surface area contributed by atoms with Crippen molar-refractivity contribution in [3.05, 3.63) is 94.0 Å². The fourth-order valence-electron chi connectivity index (χ4n) is 3.88. The Kier molecular flexibility index (Phi) is 6.10. The van der Waals surface area contributed by atoms with Crippen molar-refractivity contribution in [2.75, 3.05) is 16.8 Å². The maximum atomic E-state index is 13.0. The van der Waals surface area contributed by atoms with Gasteiger partial charge in [0.2, 0.25) is 0 Å². The number of amides is 2. The quantitative estimate of drug-likeness (QED) is 0.525. The lowest BCUT2D eigenvalue weighted by molar-refractivity contribution is 0.0984. The minimum Gasteiger partial charge on any atom is -0.322 e. The lowest BCUT2D eigenvalue weighted by atomic mass is 9.98. The Labute approximate surface area is 187 Å². The number of halogens is 1. The average Bonchev–Trinajstić information content (AvgIpc) is 2.78. The van der Waals surface area contributed by atoms with Gasteiger partial charge in [-0.25, -0.2) is 0 Å². The molecule has 0 unspecified atom stereocenters. The predicted molar refractivity (Wildman–Crippen MR) is 126 cm³/mol. The van der Waals surface area contributed by atoms with Crippen molar-refractivity contribution in [3.8, 4) is 0 Å². The first-order valence-corrected chi connectivity index (χ1v) is 10.9. The molecule has 0 fully saturated rings. The average molecular weight is 433 g/mol. The number of anilines is 2. The van der Waals surface area contributed by atoms with Crippen LogP contribution in [0.2, 0.25) is 5.02 Å². The molecule has 0 aromatic heterocycles. The molecule has 4 nitrogen and oxygen atoms in total. The number of aryl methyl sites for hydroxylation is 1. The zero-order valence-corrected chi connectivity index (χ0v) is 18.4. The highest BCUT2D eigenvalue weighted by Crippen LogP contribution is 2.30. The van der Waals surface area contributed by atoms with Gasteiger partial charge in [-0.2, -0.15) is 0 Å². The summed E-state index contributed by atoms with van der Waals surface area (Å²) in [4.78, 5) is 27.6. The molecule has 1 aliphatic rings. The van der Waals surface area contributed by atoms with Crippen LogP contribution in [0.15, 0.2) is 66.7 Å². The van der Waals surface area contributed by atoms with E-state index >= 15 is 0 Å². The molecule has 0 atom stereocenters. The van der Waals surface area contributed by atoms with Crippen LogP contribution in [-0.4, -0.2) is 18.4 Å². The standard InChI is InChI=1S/C26H25ClN2O2/c1-17(2)18-8-11-23(12-9-18)28-25(30)20-10-13-24-19(15-20)6-4-14-29(24)26(31)21-5-3-7-22(27)16-21/h3,5,7-13,15-17H,4,6,14H2,1-2H3,(H,28,30). The number of carbonyl (C=O) groups excluding carboxylic acids is 2. The van der Waals surface area contributed by atoms with Gasteiger partial charge in [0.15, 0.2) is 0 Å². The van der Waals surface area contributed by atoms with E-state index in [2.05, 4.69) is 19.2 Å². The predicted octanol–water partition coefficient (Wildman–Crippen LogP) is 6.31. The van der Waals surface area contributed by atoms with Gasteiger partial charge >= 0.3 is 0 Å². The second-order valence-corrected chi connectivity index (χ2v) is 8.58. The van der Waals surface area contributed by atoms with E-state index < -0.39 is 0 Å². The van der Waals surface area contributed by atoms with Crippen molar-refractivity contribution in [2.24, 2.45) is 0 Å². The van der Waals surface area contributed by atoms with Gasteiger partial charge in [0.05, 0.1) is 0 Å². The van der Waals surface area contributed by atoms with Crippen LogP contribution >= 0.6 is 11.6 Å². The van der Waals surface area contributed by atoms with Gasteiger partial charge in [-0.1, -0.05) is 43.6 Å². The molecule has 5 heteroatoms. The Morgan fingerprint density at radius 3 is 2.45 bits per heavy atom. The van der Waals surface area contributed by atoms with Crippen LogP contribution in [0.1, 0.15) is 58.0 Å². The second-order valence-electron chi connectivity index (χ2n) is 8.15. The largest absolute Gasteiger partial charge is 0.322 e. The molecule has 3 aromatic rings. The first-order valence-electron chi connectivity index (χ1n) is 10.5. The summed E-state index contributed by atoms with van der Waals surface area (Å²) in [7, 11) is 0. The van der Waals surface area contributed by atoms with Crippen LogP contribution < -0.4 is 10.2 Å². The minimum absolute atomic E-state index is 0.0779. The highest BCUT2D eigenvalue weighted by Gasteiger charge is 2.24. The number of benzene rings is 3. The number of hydrogen-bond donors (Lipinski definition) is 1. The van der Waals surface area contributed by atoms with E-state index in [1.165, 1.54) is 5.56 Å². The van der Waals surface area contributed by atoms with Crippen molar-refractivity contribution in [1.29, 1.82) is 0 Å². The van der Waals surface area contributed by atoms with Crippen molar-refractivity contribution < 1.29 is 9.59 Å². The zero-order chi connectivity index (χ0) is 22.0. The van der Waals surface area contributed by atoms with E-state index in [0.717, 1.165) is 29.8 Å². The van der Waals surface area contributed by atoms with E-state index in [0.29, 0.717) is 28.6 Å². The molecule has 0 bridgehead atoms. The fourth-order valence-corrected chi connectivity index (χ4v) is 4.07. The van der Waals surface area contributed by atoms with Gasteiger partial charge in [0.25, 0.3) is 11.8 Å². The first kappa shape index (κ1) is 21.1. The van der Waals surface area contributed by atoms with Crippen LogP contribution in [0.4, 0.5) is 11.4 Å². The third kappa shape index (κ3) is 4.64. The van der Waals surface area contributed by atoms with E-state index in [-0.39, 0.29) is 11.8 Å². The van der Waals surface area contributed by atoms with Gasteiger partial charge < -0.3 is 10.2 Å². The topological polar surface area (TPSA) is 49.4 Å². The van der Waals surface area contributed by atoms with Crippen molar-refractivity contribution in [1.82, 2.24) is 0 Å². The van der Waals surface area contributed by atoms with Crippen LogP contribution in [0.5, 0.6) is 0 Å². The molecule has 4 rings (SSSR count). The van der Waals surface area contributed by atoms with Crippen LogP contribution in [0.25, 0.3) is 0 Å². The number of rotatable bonds is 4. The maximum absolute atomic E-state index is 13.0. The fraction of sp³-hybridized carbons (Fsp3) is 0.231. The van der Waals surface area contributed by atoms with Crippen LogP contribution in [0.3, 0.4) is 0 Å². The molecule has 0 radical (unpaired) electrons. The van der Waals surface area contributed by atoms with Gasteiger partial charge in [-0.3, -0.25) is 9.59 Å². The Morgan fingerprint density at radius 1 is 0.968 bits per heavy atom. The molecule has 1 aliphatic heterocycles. The van der Waals surface area contributed by atoms with Gasteiger partial charge in [0.1, 0.15) is 0 Å². The summed E-state index contributed by atoms with van der Waals surface area (Å²) in [5, 5.41) is 3.50. The summed E-state index contributed by atoms with van der Waals surface area (Å²) in [6, 6.07) is 20.5. The number of hydrogen-bond acceptors (Lipinski definition) is 2. The summed E-state index contributed by atoms with van der Waals surface area (Å²) < 4.78 is 0. The maximum Gasteiger partial charge on any atom is 0.258 e. The van der Waals surface area contributed by atoms with Crippen molar-refractivity contribution in [2.45, 2.75) is 32.6 Å². The smallest absolute Gasteiger partial charge is 0.258 e. The highest BCUT2D eigenvalue weighted by atomic mass is 35.5. The third-order valence-electron chi connectivity index (χ3n) is 5.61. The third-order valence-corrected chi connectivity index (χ3v) is 5.85. The Bertz CT molecular complexity index is 1120. The molecule has 0 saturated heterocycles. The van der Waals surface area contributed by atoms with Gasteiger partial charge in [-0.05, 0) is 78.4 Å². The Morgan fingerprint density at radius 2 is 1.74 bits per heavy atom. The van der Waals surface area contributed by atoms with Crippen LogP contribution in [-0.2, 0) is 6.42 Å². The second kappa shape index (κ2) is 8.94. The molecule has 3 aromatic carbocycles. The zero-order valence-electron chi connectivity index (χ0n) is 17.7. The monoisotopic (exact) mass is 432 g/mol. The van der Waals surface area contributed by atoms with Crippen molar-refractivity contribution in [3.63, 3.8) is 0 Å². The molecule has 1 N–H and O–H groups in total.